The molecule has 2 aliphatic rings. The summed E-state index contributed by atoms with van der Waals surface area (Å²) in [4.78, 5) is 25.1. The van der Waals surface area contributed by atoms with Crippen LogP contribution in [0.15, 0.2) is 36.4 Å². The van der Waals surface area contributed by atoms with Gasteiger partial charge in [0.15, 0.2) is 0 Å². The van der Waals surface area contributed by atoms with Gasteiger partial charge >= 0.3 is 5.97 Å². The standard InChI is InChI=1S/C20H25NO4/c1-14-8-10-15(11-9-14)21-19(22)17-6-2-3-7-18(17)20(23)25-13-16-5-4-12-24-16/h2-3,8-11,16-18H,4-7,12-13H2,1H3,(H,21,22)/t16-,17-,18-/m1/s1. The summed E-state index contributed by atoms with van der Waals surface area (Å²) in [6.45, 7) is 3.01. The summed E-state index contributed by atoms with van der Waals surface area (Å²) < 4.78 is 10.9. The quantitative estimate of drug-likeness (QED) is 0.658. The number of benzene rings is 1. The smallest absolute Gasteiger partial charge is 0.310 e. The second kappa shape index (κ2) is 8.30. The molecule has 0 spiro atoms. The van der Waals surface area contributed by atoms with Crippen LogP contribution in [0.3, 0.4) is 0 Å². The number of allylic oxidation sites excluding steroid dienone is 2. The first-order valence-electron chi connectivity index (χ1n) is 8.94. The van der Waals surface area contributed by atoms with Crippen molar-refractivity contribution in [2.24, 2.45) is 11.8 Å². The van der Waals surface area contributed by atoms with Gasteiger partial charge in [0, 0.05) is 12.3 Å². The average Bonchev–Trinajstić information content (AvgIpc) is 3.15. The van der Waals surface area contributed by atoms with Crippen molar-refractivity contribution in [1.29, 1.82) is 0 Å². The molecule has 1 saturated heterocycles. The Balaban J connectivity index is 1.59. The van der Waals surface area contributed by atoms with E-state index in [1.54, 1.807) is 0 Å². The number of aryl methyl sites for hydroxylation is 1. The van der Waals surface area contributed by atoms with E-state index in [0.29, 0.717) is 12.8 Å². The number of ether oxygens (including phenoxy) is 2. The first-order chi connectivity index (χ1) is 12.1. The zero-order chi connectivity index (χ0) is 17.6. The summed E-state index contributed by atoms with van der Waals surface area (Å²) >= 11 is 0. The third kappa shape index (κ3) is 4.69. The molecule has 0 saturated carbocycles. The molecule has 0 radical (unpaired) electrons. The molecular formula is C20H25NO4. The molecule has 1 fully saturated rings. The van der Waals surface area contributed by atoms with Crippen molar-refractivity contribution in [1.82, 2.24) is 0 Å². The van der Waals surface area contributed by atoms with Crippen LogP contribution in [0.1, 0.15) is 31.2 Å². The van der Waals surface area contributed by atoms with Crippen LogP contribution in [0.25, 0.3) is 0 Å². The summed E-state index contributed by atoms with van der Waals surface area (Å²) in [5, 5.41) is 2.92. The highest BCUT2D eigenvalue weighted by Gasteiger charge is 2.35. The highest BCUT2D eigenvalue weighted by molar-refractivity contribution is 5.95. The third-order valence-corrected chi connectivity index (χ3v) is 4.83. The van der Waals surface area contributed by atoms with Crippen molar-refractivity contribution >= 4 is 17.6 Å². The lowest BCUT2D eigenvalue weighted by Gasteiger charge is -2.26. The minimum Gasteiger partial charge on any atom is -0.463 e. The number of amides is 1. The fraction of sp³-hybridized carbons (Fsp3) is 0.500. The van der Waals surface area contributed by atoms with E-state index in [9.17, 15) is 9.59 Å². The van der Waals surface area contributed by atoms with Gasteiger partial charge in [-0.15, -0.1) is 0 Å². The normalized spacial score (nSPS) is 25.6. The molecular weight excluding hydrogens is 318 g/mol. The molecule has 3 atom stereocenters. The van der Waals surface area contributed by atoms with E-state index in [-0.39, 0.29) is 24.6 Å². The molecule has 5 nitrogen and oxygen atoms in total. The molecule has 0 aromatic heterocycles. The maximum Gasteiger partial charge on any atom is 0.310 e. The van der Waals surface area contributed by atoms with E-state index in [1.165, 1.54) is 0 Å². The van der Waals surface area contributed by atoms with E-state index in [2.05, 4.69) is 5.32 Å². The summed E-state index contributed by atoms with van der Waals surface area (Å²) in [5.74, 6) is -1.27. The molecule has 5 heteroatoms. The van der Waals surface area contributed by atoms with Gasteiger partial charge in [-0.1, -0.05) is 29.8 Å². The monoisotopic (exact) mass is 343 g/mol. The van der Waals surface area contributed by atoms with Crippen molar-refractivity contribution in [2.75, 3.05) is 18.5 Å². The molecule has 25 heavy (non-hydrogen) atoms. The summed E-state index contributed by atoms with van der Waals surface area (Å²) in [6.07, 6.45) is 6.94. The van der Waals surface area contributed by atoms with Crippen LogP contribution in [0.4, 0.5) is 5.69 Å². The highest BCUT2D eigenvalue weighted by Crippen LogP contribution is 2.28. The number of hydrogen-bond donors (Lipinski definition) is 1. The summed E-state index contributed by atoms with van der Waals surface area (Å²) in [6, 6.07) is 7.64. The average molecular weight is 343 g/mol. The Hall–Kier alpha value is -2.14. The number of esters is 1. The highest BCUT2D eigenvalue weighted by atomic mass is 16.6. The summed E-state index contributed by atoms with van der Waals surface area (Å²) in [5.41, 5.74) is 1.88. The maximum absolute atomic E-state index is 12.7. The van der Waals surface area contributed by atoms with Crippen LogP contribution in [0, 0.1) is 18.8 Å². The van der Waals surface area contributed by atoms with Gasteiger partial charge in [-0.2, -0.15) is 0 Å². The van der Waals surface area contributed by atoms with Crippen LogP contribution in [-0.2, 0) is 19.1 Å². The lowest BCUT2D eigenvalue weighted by atomic mass is 9.82. The SMILES string of the molecule is Cc1ccc(NC(=O)[C@@H]2CC=CC[C@H]2C(=O)OC[C@H]2CCCO2)cc1. The number of rotatable bonds is 5. The minimum atomic E-state index is -0.433. The third-order valence-electron chi connectivity index (χ3n) is 4.83. The van der Waals surface area contributed by atoms with Crippen molar-refractivity contribution in [2.45, 2.75) is 38.7 Å². The van der Waals surface area contributed by atoms with Gasteiger partial charge in [0.25, 0.3) is 0 Å². The van der Waals surface area contributed by atoms with Crippen molar-refractivity contribution < 1.29 is 19.1 Å². The molecule has 1 amide bonds. The van der Waals surface area contributed by atoms with Crippen molar-refractivity contribution in [3.63, 3.8) is 0 Å². The van der Waals surface area contributed by atoms with E-state index < -0.39 is 11.8 Å². The second-order valence-corrected chi connectivity index (χ2v) is 6.78. The predicted molar refractivity (Wildman–Crippen MR) is 95.1 cm³/mol. The van der Waals surface area contributed by atoms with Crippen molar-refractivity contribution in [3.05, 3.63) is 42.0 Å². The molecule has 1 aromatic rings. The first kappa shape index (κ1) is 17.7. The Kier molecular flexibility index (Phi) is 5.87. The van der Waals surface area contributed by atoms with Crippen LogP contribution in [0.2, 0.25) is 0 Å². The van der Waals surface area contributed by atoms with Gasteiger partial charge in [0.1, 0.15) is 6.61 Å². The molecule has 1 aliphatic carbocycles. The van der Waals surface area contributed by atoms with Gasteiger partial charge in [0.2, 0.25) is 5.91 Å². The fourth-order valence-electron chi connectivity index (χ4n) is 3.29. The minimum absolute atomic E-state index is 0.00270. The van der Waals surface area contributed by atoms with Gasteiger partial charge in [-0.05, 0) is 44.7 Å². The number of anilines is 1. The Labute approximate surface area is 148 Å². The zero-order valence-corrected chi connectivity index (χ0v) is 14.6. The fourth-order valence-corrected chi connectivity index (χ4v) is 3.29. The predicted octanol–water partition coefficient (Wildman–Crippen LogP) is 3.24. The number of hydrogen-bond acceptors (Lipinski definition) is 4. The van der Waals surface area contributed by atoms with Crippen LogP contribution in [-0.4, -0.2) is 31.2 Å². The van der Waals surface area contributed by atoms with E-state index in [1.807, 2.05) is 43.3 Å². The van der Waals surface area contributed by atoms with Crippen LogP contribution >= 0.6 is 0 Å². The molecule has 1 N–H and O–H groups in total. The molecule has 0 unspecified atom stereocenters. The van der Waals surface area contributed by atoms with Gasteiger partial charge in [0.05, 0.1) is 17.9 Å². The number of carbonyl (C=O) groups excluding carboxylic acids is 2. The Bertz CT molecular complexity index is 632. The van der Waals surface area contributed by atoms with Gasteiger partial charge in [-0.25, -0.2) is 0 Å². The van der Waals surface area contributed by atoms with Crippen molar-refractivity contribution in [3.8, 4) is 0 Å². The van der Waals surface area contributed by atoms with E-state index in [4.69, 9.17) is 9.47 Å². The van der Waals surface area contributed by atoms with Crippen LogP contribution < -0.4 is 5.32 Å². The topological polar surface area (TPSA) is 64.6 Å². The van der Waals surface area contributed by atoms with Gasteiger partial charge < -0.3 is 14.8 Å². The zero-order valence-electron chi connectivity index (χ0n) is 14.6. The Morgan fingerprint density at radius 3 is 2.56 bits per heavy atom. The Morgan fingerprint density at radius 2 is 1.88 bits per heavy atom. The lowest BCUT2D eigenvalue weighted by molar-refractivity contribution is -0.155. The van der Waals surface area contributed by atoms with E-state index >= 15 is 0 Å². The first-order valence-corrected chi connectivity index (χ1v) is 8.94. The molecule has 1 heterocycles. The number of nitrogens with one attached hydrogen (secondary N) is 1. The number of carbonyl (C=O) groups is 2. The molecule has 1 aliphatic heterocycles. The van der Waals surface area contributed by atoms with Gasteiger partial charge in [-0.3, -0.25) is 9.59 Å². The maximum atomic E-state index is 12.7. The lowest BCUT2D eigenvalue weighted by Crippen LogP contribution is -2.36. The molecule has 0 bridgehead atoms. The molecule has 134 valence electrons. The molecule has 1 aromatic carbocycles. The second-order valence-electron chi connectivity index (χ2n) is 6.78. The molecule has 3 rings (SSSR count). The van der Waals surface area contributed by atoms with Crippen LogP contribution in [0.5, 0.6) is 0 Å². The largest absolute Gasteiger partial charge is 0.463 e. The van der Waals surface area contributed by atoms with E-state index in [0.717, 1.165) is 30.7 Å². The Morgan fingerprint density at radius 1 is 1.16 bits per heavy atom. The summed E-state index contributed by atoms with van der Waals surface area (Å²) in [7, 11) is 0.